The van der Waals surface area contributed by atoms with Gasteiger partial charge in [0.2, 0.25) is 5.91 Å². The predicted molar refractivity (Wildman–Crippen MR) is 94.1 cm³/mol. The molecule has 1 aromatic carbocycles. The second-order valence-electron chi connectivity index (χ2n) is 6.26. The Kier molecular flexibility index (Phi) is 4.34. The number of pyridine rings is 1. The van der Waals surface area contributed by atoms with Gasteiger partial charge in [-0.1, -0.05) is 38.0 Å². The molecular weight excluding hydrogens is 302 g/mol. The van der Waals surface area contributed by atoms with E-state index in [1.165, 1.54) is 0 Å². The van der Waals surface area contributed by atoms with Crippen molar-refractivity contribution >= 4 is 23.2 Å². The molecule has 0 saturated carbocycles. The minimum Gasteiger partial charge on any atom is -0.321 e. The molecule has 124 valence electrons. The van der Waals surface area contributed by atoms with Gasteiger partial charge in [-0.2, -0.15) is 0 Å². The summed E-state index contributed by atoms with van der Waals surface area (Å²) in [6.07, 6.45) is 4.02. The van der Waals surface area contributed by atoms with Gasteiger partial charge in [-0.3, -0.25) is 19.5 Å². The van der Waals surface area contributed by atoms with Crippen molar-refractivity contribution < 1.29 is 9.59 Å². The highest BCUT2D eigenvalue weighted by atomic mass is 16.2. The van der Waals surface area contributed by atoms with Crippen LogP contribution in [-0.4, -0.2) is 22.8 Å². The molecule has 24 heavy (non-hydrogen) atoms. The van der Waals surface area contributed by atoms with E-state index in [1.807, 2.05) is 39.0 Å². The minimum atomic E-state index is -0.530. The highest BCUT2D eigenvalue weighted by Crippen LogP contribution is 2.35. The molecule has 1 N–H and O–H groups in total. The number of aromatic nitrogens is 1. The van der Waals surface area contributed by atoms with E-state index in [0.717, 1.165) is 12.0 Å². The van der Waals surface area contributed by atoms with Gasteiger partial charge in [0.05, 0.1) is 17.6 Å². The molecule has 0 radical (unpaired) electrons. The van der Waals surface area contributed by atoms with Gasteiger partial charge in [0.25, 0.3) is 5.91 Å². The summed E-state index contributed by atoms with van der Waals surface area (Å²) in [7, 11) is 0. The molecule has 1 aromatic heterocycles. The number of hydrogen-bond acceptors (Lipinski definition) is 3. The van der Waals surface area contributed by atoms with E-state index in [2.05, 4.69) is 10.3 Å². The number of nitrogens with one attached hydrogen (secondary N) is 1. The van der Waals surface area contributed by atoms with Crippen LogP contribution in [0.3, 0.4) is 0 Å². The number of carbonyl (C=O) groups excluding carboxylic acids is 2. The third-order valence-corrected chi connectivity index (χ3v) is 4.53. The Morgan fingerprint density at radius 1 is 1.38 bits per heavy atom. The van der Waals surface area contributed by atoms with Crippen LogP contribution < -0.4 is 10.2 Å². The van der Waals surface area contributed by atoms with Crippen LogP contribution in [-0.2, 0) is 4.79 Å². The molecular formula is C19H21N3O2. The van der Waals surface area contributed by atoms with E-state index < -0.39 is 6.04 Å². The van der Waals surface area contributed by atoms with E-state index in [-0.39, 0.29) is 17.7 Å². The van der Waals surface area contributed by atoms with Crippen molar-refractivity contribution in [2.45, 2.75) is 33.2 Å². The van der Waals surface area contributed by atoms with Crippen molar-refractivity contribution in [3.63, 3.8) is 0 Å². The molecule has 2 unspecified atom stereocenters. The highest BCUT2D eigenvalue weighted by Gasteiger charge is 2.40. The van der Waals surface area contributed by atoms with Gasteiger partial charge in [-0.05, 0) is 31.0 Å². The molecule has 1 aliphatic rings. The van der Waals surface area contributed by atoms with E-state index in [9.17, 15) is 9.59 Å². The Morgan fingerprint density at radius 3 is 2.88 bits per heavy atom. The topological polar surface area (TPSA) is 62.3 Å². The number of amides is 2. The molecule has 0 saturated heterocycles. The van der Waals surface area contributed by atoms with E-state index in [4.69, 9.17) is 0 Å². The molecule has 0 aliphatic carbocycles. The Labute approximate surface area is 141 Å². The first-order valence-corrected chi connectivity index (χ1v) is 8.18. The van der Waals surface area contributed by atoms with Gasteiger partial charge in [-0.15, -0.1) is 0 Å². The van der Waals surface area contributed by atoms with Crippen LogP contribution in [0.25, 0.3) is 0 Å². The Bertz CT molecular complexity index is 788. The second-order valence-corrected chi connectivity index (χ2v) is 6.26. The summed E-state index contributed by atoms with van der Waals surface area (Å²) < 4.78 is 0. The average molecular weight is 323 g/mol. The first kappa shape index (κ1) is 16.2. The smallest absolute Gasteiger partial charge is 0.259 e. The number of rotatable bonds is 3. The lowest BCUT2D eigenvalue weighted by molar-refractivity contribution is -0.118. The fourth-order valence-corrected chi connectivity index (χ4v) is 3.06. The Morgan fingerprint density at radius 2 is 2.17 bits per heavy atom. The third-order valence-electron chi connectivity index (χ3n) is 4.53. The number of anilines is 2. The summed E-state index contributed by atoms with van der Waals surface area (Å²) >= 11 is 0. The lowest BCUT2D eigenvalue weighted by Crippen LogP contribution is -2.54. The molecule has 0 spiro atoms. The average Bonchev–Trinajstić information content (AvgIpc) is 2.59. The fraction of sp³-hybridized carbons (Fsp3) is 0.316. The summed E-state index contributed by atoms with van der Waals surface area (Å²) in [6, 6.07) is 8.69. The van der Waals surface area contributed by atoms with Crippen molar-refractivity contribution in [2.75, 3.05) is 10.2 Å². The molecule has 5 nitrogen and oxygen atoms in total. The monoisotopic (exact) mass is 323 g/mol. The maximum atomic E-state index is 13.2. The van der Waals surface area contributed by atoms with Gasteiger partial charge in [0.1, 0.15) is 6.04 Å². The molecule has 2 heterocycles. The molecule has 5 heteroatoms. The van der Waals surface area contributed by atoms with Crippen LogP contribution in [0, 0.1) is 12.8 Å². The number of nitrogens with zero attached hydrogens (tertiary/aromatic N) is 2. The van der Waals surface area contributed by atoms with Crippen molar-refractivity contribution in [3.05, 3.63) is 53.9 Å². The third kappa shape index (κ3) is 2.77. The van der Waals surface area contributed by atoms with Crippen LogP contribution in [0.2, 0.25) is 0 Å². The summed E-state index contributed by atoms with van der Waals surface area (Å²) in [6.45, 7) is 5.96. The van der Waals surface area contributed by atoms with E-state index in [0.29, 0.717) is 16.9 Å². The standard InChI is InChI=1S/C19H21N3O2/c1-4-13(3)17-18(23)21-15-11-20-9-8-16(15)22(17)19(24)14-7-5-6-12(2)10-14/h5-11,13,17H,4H2,1-3H3,(H,21,23). The number of benzene rings is 1. The number of carbonyl (C=O) groups is 2. The number of hydrogen-bond donors (Lipinski definition) is 1. The molecule has 1 aliphatic heterocycles. The lowest BCUT2D eigenvalue weighted by atomic mass is 9.93. The number of fused-ring (bicyclic) bond motifs is 1. The maximum absolute atomic E-state index is 13.2. The zero-order valence-electron chi connectivity index (χ0n) is 14.1. The molecule has 2 amide bonds. The van der Waals surface area contributed by atoms with Crippen molar-refractivity contribution in [1.29, 1.82) is 0 Å². The molecule has 0 bridgehead atoms. The van der Waals surface area contributed by atoms with Gasteiger partial charge in [-0.25, -0.2) is 0 Å². The molecule has 0 fully saturated rings. The van der Waals surface area contributed by atoms with Gasteiger partial charge in [0, 0.05) is 11.8 Å². The van der Waals surface area contributed by atoms with Crippen LogP contribution in [0.15, 0.2) is 42.7 Å². The van der Waals surface area contributed by atoms with Crippen molar-refractivity contribution in [1.82, 2.24) is 4.98 Å². The SMILES string of the molecule is CCC(C)C1C(=O)Nc2cnccc2N1C(=O)c1cccc(C)c1. The molecule has 2 atom stereocenters. The minimum absolute atomic E-state index is 0.0417. The summed E-state index contributed by atoms with van der Waals surface area (Å²) in [4.78, 5) is 31.5. The van der Waals surface area contributed by atoms with Crippen molar-refractivity contribution in [3.8, 4) is 0 Å². The quantitative estimate of drug-likeness (QED) is 0.941. The lowest BCUT2D eigenvalue weighted by Gasteiger charge is -2.39. The summed E-state index contributed by atoms with van der Waals surface area (Å²) in [5.41, 5.74) is 2.86. The predicted octanol–water partition coefficient (Wildman–Crippen LogP) is 3.40. The van der Waals surface area contributed by atoms with E-state index >= 15 is 0 Å². The Balaban J connectivity index is 2.12. The van der Waals surface area contributed by atoms with Gasteiger partial charge < -0.3 is 5.32 Å². The van der Waals surface area contributed by atoms with Crippen LogP contribution in [0.4, 0.5) is 11.4 Å². The van der Waals surface area contributed by atoms with Gasteiger partial charge in [0.15, 0.2) is 0 Å². The fourth-order valence-electron chi connectivity index (χ4n) is 3.06. The van der Waals surface area contributed by atoms with Crippen LogP contribution in [0.1, 0.15) is 36.2 Å². The Hall–Kier alpha value is -2.69. The highest BCUT2D eigenvalue weighted by molar-refractivity contribution is 6.16. The van der Waals surface area contributed by atoms with Gasteiger partial charge >= 0.3 is 0 Å². The van der Waals surface area contributed by atoms with E-state index in [1.54, 1.807) is 29.4 Å². The molecule has 2 aromatic rings. The zero-order valence-corrected chi connectivity index (χ0v) is 14.1. The number of aryl methyl sites for hydroxylation is 1. The normalized spacial score (nSPS) is 17.9. The summed E-state index contributed by atoms with van der Waals surface area (Å²) in [5, 5.41) is 2.88. The zero-order chi connectivity index (χ0) is 17.3. The van der Waals surface area contributed by atoms with Crippen molar-refractivity contribution in [2.24, 2.45) is 5.92 Å². The maximum Gasteiger partial charge on any atom is 0.259 e. The van der Waals surface area contributed by atoms with Crippen LogP contribution in [0.5, 0.6) is 0 Å². The second kappa shape index (κ2) is 6.43. The largest absolute Gasteiger partial charge is 0.321 e. The first-order valence-electron chi connectivity index (χ1n) is 8.18. The molecule has 3 rings (SSSR count). The van der Waals surface area contributed by atoms with Crippen LogP contribution >= 0.6 is 0 Å². The summed E-state index contributed by atoms with van der Waals surface area (Å²) in [5.74, 6) is -0.280. The first-order chi connectivity index (χ1) is 11.5.